The van der Waals surface area contributed by atoms with Gasteiger partial charge in [-0.15, -0.1) is 0 Å². The lowest BCUT2D eigenvalue weighted by Crippen LogP contribution is -2.26. The van der Waals surface area contributed by atoms with E-state index >= 15 is 0 Å². The molecule has 0 radical (unpaired) electrons. The van der Waals surface area contributed by atoms with Gasteiger partial charge in [0.05, 0.1) is 12.5 Å². The summed E-state index contributed by atoms with van der Waals surface area (Å²) >= 11 is 0. The number of pyridine rings is 1. The van der Waals surface area contributed by atoms with Crippen molar-refractivity contribution in [1.82, 2.24) is 4.98 Å². The minimum Gasteiger partial charge on any atom is -0.479 e. The molecule has 4 aromatic rings. The molecule has 0 aliphatic rings. The third-order valence-corrected chi connectivity index (χ3v) is 5.24. The number of nitrogens with zero attached hydrogens (tertiary/aromatic N) is 1. The van der Waals surface area contributed by atoms with Crippen LogP contribution in [0.3, 0.4) is 0 Å². The Balaban J connectivity index is 1.75. The van der Waals surface area contributed by atoms with E-state index in [1.807, 2.05) is 30.3 Å². The highest BCUT2D eigenvalue weighted by molar-refractivity contribution is 5.75. The van der Waals surface area contributed by atoms with Gasteiger partial charge in [0.25, 0.3) is 11.8 Å². The maximum absolute atomic E-state index is 14.6. The third-order valence-electron chi connectivity index (χ3n) is 5.24. The molecule has 2 aromatic carbocycles. The highest BCUT2D eigenvalue weighted by Gasteiger charge is 2.22. The fourth-order valence-corrected chi connectivity index (χ4v) is 3.44. The average Bonchev–Trinajstić information content (AvgIpc) is 3.40. The summed E-state index contributed by atoms with van der Waals surface area (Å²) in [7, 11) is 0. The van der Waals surface area contributed by atoms with E-state index in [4.69, 9.17) is 19.6 Å². The first-order chi connectivity index (χ1) is 16.9. The molecule has 1 atom stereocenters. The van der Waals surface area contributed by atoms with Gasteiger partial charge in [-0.1, -0.05) is 25.1 Å². The molecule has 0 aliphatic heterocycles. The number of hydrogen-bond acceptors (Lipinski definition) is 6. The van der Waals surface area contributed by atoms with Crippen LogP contribution < -0.4 is 15.2 Å². The molecule has 0 saturated heterocycles. The maximum atomic E-state index is 14.6. The van der Waals surface area contributed by atoms with Crippen molar-refractivity contribution in [3.8, 4) is 39.8 Å². The van der Waals surface area contributed by atoms with Gasteiger partial charge in [0.15, 0.2) is 17.7 Å². The third kappa shape index (κ3) is 5.47. The molecule has 180 valence electrons. The van der Waals surface area contributed by atoms with Gasteiger partial charge in [0.1, 0.15) is 5.75 Å². The lowest BCUT2D eigenvalue weighted by atomic mass is 9.98. The van der Waals surface area contributed by atoms with Crippen molar-refractivity contribution >= 4 is 5.97 Å². The molecule has 0 saturated carbocycles. The first-order valence-electron chi connectivity index (χ1n) is 10.8. The van der Waals surface area contributed by atoms with Crippen LogP contribution >= 0.6 is 0 Å². The normalized spacial score (nSPS) is 11.8. The van der Waals surface area contributed by atoms with Crippen molar-refractivity contribution < 1.29 is 32.6 Å². The fraction of sp³-hybridized carbons (Fsp3) is 0.154. The van der Waals surface area contributed by atoms with Gasteiger partial charge in [-0.2, -0.15) is 4.98 Å². The standard InChI is InChI=1S/C26H22F2N2O5/c1-2-23(26(31)32)35-25-22(28)12-21(27)24(30-25)34-20-10-18(16-5-3-4-15(8-16)13-29)9-19(11-20)17-6-7-33-14-17/h3-12,14,23H,2,13,29H2,1H3,(H,31,32)/t23-/m1/s1. The Morgan fingerprint density at radius 2 is 1.77 bits per heavy atom. The Bertz CT molecular complexity index is 1340. The van der Waals surface area contributed by atoms with E-state index in [0.717, 1.165) is 27.8 Å². The molecule has 4 rings (SSSR count). The molecule has 7 nitrogen and oxygen atoms in total. The van der Waals surface area contributed by atoms with E-state index in [-0.39, 0.29) is 12.2 Å². The van der Waals surface area contributed by atoms with Gasteiger partial charge in [-0.05, 0) is 59.0 Å². The summed E-state index contributed by atoms with van der Waals surface area (Å²) < 4.78 is 44.8. The van der Waals surface area contributed by atoms with Crippen molar-refractivity contribution in [1.29, 1.82) is 0 Å². The van der Waals surface area contributed by atoms with E-state index < -0.39 is 35.5 Å². The smallest absolute Gasteiger partial charge is 0.344 e. The quantitative estimate of drug-likeness (QED) is 0.313. The van der Waals surface area contributed by atoms with Crippen molar-refractivity contribution in [2.75, 3.05) is 0 Å². The highest BCUT2D eigenvalue weighted by Crippen LogP contribution is 2.35. The van der Waals surface area contributed by atoms with Gasteiger partial charge in [-0.3, -0.25) is 0 Å². The number of ether oxygens (including phenoxy) is 2. The lowest BCUT2D eigenvalue weighted by molar-refractivity contribution is -0.145. The van der Waals surface area contributed by atoms with Gasteiger partial charge in [0.2, 0.25) is 0 Å². The molecule has 35 heavy (non-hydrogen) atoms. The Morgan fingerprint density at radius 3 is 2.43 bits per heavy atom. The number of benzene rings is 2. The summed E-state index contributed by atoms with van der Waals surface area (Å²) in [6.07, 6.45) is 1.79. The topological polar surface area (TPSA) is 108 Å². The highest BCUT2D eigenvalue weighted by atomic mass is 19.1. The first-order valence-corrected chi connectivity index (χ1v) is 10.8. The molecule has 0 aliphatic carbocycles. The number of rotatable bonds is 9. The monoisotopic (exact) mass is 480 g/mol. The Hall–Kier alpha value is -4.24. The largest absolute Gasteiger partial charge is 0.479 e. The van der Waals surface area contributed by atoms with Gasteiger partial charge < -0.3 is 24.7 Å². The minimum absolute atomic E-state index is 0.0575. The molecule has 9 heteroatoms. The number of carboxylic acid groups (broad SMARTS) is 1. The summed E-state index contributed by atoms with van der Waals surface area (Å²) in [5, 5.41) is 9.19. The predicted octanol–water partition coefficient (Wildman–Crippen LogP) is 5.78. The molecule has 0 fully saturated rings. The van der Waals surface area contributed by atoms with E-state index in [2.05, 4.69) is 4.98 Å². The summed E-state index contributed by atoms with van der Waals surface area (Å²) in [5.74, 6) is -4.52. The van der Waals surface area contributed by atoms with Crippen molar-refractivity contribution in [3.63, 3.8) is 0 Å². The van der Waals surface area contributed by atoms with Gasteiger partial charge >= 0.3 is 5.97 Å². The number of furan rings is 1. The van der Waals surface area contributed by atoms with Gasteiger partial charge in [0, 0.05) is 18.2 Å². The number of aromatic nitrogens is 1. The first kappa shape index (κ1) is 23.9. The molecular formula is C26H22F2N2O5. The molecule has 3 N–H and O–H groups in total. The van der Waals surface area contributed by atoms with E-state index in [9.17, 15) is 18.7 Å². The van der Waals surface area contributed by atoms with Crippen LogP contribution in [0.2, 0.25) is 0 Å². The molecule has 0 amide bonds. The number of carboxylic acids is 1. The molecule has 2 heterocycles. The SMILES string of the molecule is CC[C@@H](Oc1nc(Oc2cc(-c3ccoc3)cc(-c3cccc(CN)c3)c2)c(F)cc1F)C(=O)O. The van der Waals surface area contributed by atoms with Crippen molar-refractivity contribution in [2.45, 2.75) is 26.0 Å². The zero-order chi connectivity index (χ0) is 24.9. The van der Waals surface area contributed by atoms with Crippen molar-refractivity contribution in [2.24, 2.45) is 5.73 Å². The van der Waals surface area contributed by atoms with Gasteiger partial charge in [-0.25, -0.2) is 13.6 Å². The molecule has 2 aromatic heterocycles. The summed E-state index contributed by atoms with van der Waals surface area (Å²) in [5.41, 5.74) is 9.79. The summed E-state index contributed by atoms with van der Waals surface area (Å²) in [6.45, 7) is 1.92. The number of halogens is 2. The van der Waals surface area contributed by atoms with E-state index in [1.54, 1.807) is 31.4 Å². The molecular weight excluding hydrogens is 458 g/mol. The van der Waals surface area contributed by atoms with Crippen LogP contribution in [0.5, 0.6) is 17.5 Å². The second kappa shape index (κ2) is 10.4. The second-order valence-electron chi connectivity index (χ2n) is 7.68. The van der Waals surface area contributed by atoms with Crippen molar-refractivity contribution in [3.05, 3.63) is 84.3 Å². The van der Waals surface area contributed by atoms with Crippen LogP contribution in [0.25, 0.3) is 22.3 Å². The Morgan fingerprint density at radius 1 is 1.03 bits per heavy atom. The van der Waals surface area contributed by atoms with Crippen LogP contribution in [0.1, 0.15) is 18.9 Å². The number of nitrogens with two attached hydrogens (primary N) is 1. The van der Waals surface area contributed by atoms with Crippen LogP contribution in [0.4, 0.5) is 8.78 Å². The molecule has 0 spiro atoms. The second-order valence-corrected chi connectivity index (χ2v) is 7.68. The summed E-state index contributed by atoms with van der Waals surface area (Å²) in [4.78, 5) is 15.0. The zero-order valence-corrected chi connectivity index (χ0v) is 18.7. The van der Waals surface area contributed by atoms with Crippen LogP contribution in [-0.4, -0.2) is 22.2 Å². The Kier molecular flexibility index (Phi) is 7.07. The van der Waals surface area contributed by atoms with E-state index in [1.165, 1.54) is 6.26 Å². The van der Waals surface area contributed by atoms with Crippen LogP contribution in [-0.2, 0) is 11.3 Å². The maximum Gasteiger partial charge on any atom is 0.344 e. The number of hydrogen-bond donors (Lipinski definition) is 2. The minimum atomic E-state index is -1.35. The van der Waals surface area contributed by atoms with E-state index in [0.29, 0.717) is 12.6 Å². The number of carbonyl (C=O) groups is 1. The predicted molar refractivity (Wildman–Crippen MR) is 124 cm³/mol. The average molecular weight is 480 g/mol. The lowest BCUT2D eigenvalue weighted by Gasteiger charge is -2.15. The summed E-state index contributed by atoms with van der Waals surface area (Å²) in [6, 6.07) is 15.1. The fourth-order valence-electron chi connectivity index (χ4n) is 3.44. The van der Waals surface area contributed by atoms with Crippen LogP contribution in [0.15, 0.2) is 71.5 Å². The number of aliphatic carboxylic acids is 1. The Labute approximate surface area is 199 Å². The zero-order valence-electron chi connectivity index (χ0n) is 18.7. The molecule has 0 bridgehead atoms. The van der Waals surface area contributed by atoms with Crippen LogP contribution in [0, 0.1) is 11.6 Å². The molecule has 0 unspecified atom stereocenters.